The lowest BCUT2D eigenvalue weighted by Crippen LogP contribution is -2.28. The highest BCUT2D eigenvalue weighted by Gasteiger charge is 2.37. The number of nitro groups is 1. The first-order valence-electron chi connectivity index (χ1n) is 8.53. The van der Waals surface area contributed by atoms with Crippen LogP contribution in [0.15, 0.2) is 71.2 Å². The van der Waals surface area contributed by atoms with Crippen molar-refractivity contribution in [3.63, 3.8) is 0 Å². The van der Waals surface area contributed by atoms with Crippen molar-refractivity contribution in [3.05, 3.63) is 109 Å². The van der Waals surface area contributed by atoms with E-state index in [9.17, 15) is 14.9 Å². The van der Waals surface area contributed by atoms with Crippen LogP contribution in [0.2, 0.25) is 5.02 Å². The number of hydrogen-bond donors (Lipinski definition) is 0. The summed E-state index contributed by atoms with van der Waals surface area (Å²) in [5, 5.41) is 11.5. The Balaban J connectivity index is 1.74. The van der Waals surface area contributed by atoms with Crippen LogP contribution < -0.4 is 0 Å². The monoisotopic (exact) mass is 456 g/mol. The van der Waals surface area contributed by atoms with Crippen molar-refractivity contribution < 1.29 is 9.72 Å². The molecule has 3 aromatic carbocycles. The molecule has 0 fully saturated rings. The SMILES string of the molecule is O=C1c2ccc(Br)cc2C(c2ccc(Cl)cc2)N1Cc1ccc([N+](=O)[O-])cc1. The number of benzene rings is 3. The summed E-state index contributed by atoms with van der Waals surface area (Å²) < 4.78 is 0.898. The normalized spacial score (nSPS) is 15.6. The number of carbonyl (C=O) groups is 1. The Hall–Kier alpha value is -2.70. The Morgan fingerprint density at radius 1 is 1.04 bits per heavy atom. The van der Waals surface area contributed by atoms with Crippen molar-refractivity contribution in [1.82, 2.24) is 4.90 Å². The number of fused-ring (bicyclic) bond motifs is 1. The maximum atomic E-state index is 13.1. The molecule has 1 aliphatic rings. The molecule has 0 bridgehead atoms. The zero-order chi connectivity index (χ0) is 19.8. The molecule has 0 radical (unpaired) electrons. The highest BCUT2D eigenvalue weighted by molar-refractivity contribution is 9.10. The molecule has 0 spiro atoms. The molecule has 1 unspecified atom stereocenters. The third-order valence-electron chi connectivity index (χ3n) is 4.80. The number of rotatable bonds is 4. The Kier molecular flexibility index (Phi) is 4.91. The van der Waals surface area contributed by atoms with Gasteiger partial charge in [-0.05, 0) is 47.0 Å². The fraction of sp³-hybridized carbons (Fsp3) is 0.0952. The molecule has 140 valence electrons. The Bertz CT molecular complexity index is 1070. The van der Waals surface area contributed by atoms with E-state index in [2.05, 4.69) is 15.9 Å². The van der Waals surface area contributed by atoms with Gasteiger partial charge in [-0.2, -0.15) is 0 Å². The van der Waals surface area contributed by atoms with Crippen molar-refractivity contribution in [3.8, 4) is 0 Å². The molecule has 0 N–H and O–H groups in total. The number of amides is 1. The second kappa shape index (κ2) is 7.37. The lowest BCUT2D eigenvalue weighted by atomic mass is 9.98. The van der Waals surface area contributed by atoms with E-state index in [1.165, 1.54) is 12.1 Å². The van der Waals surface area contributed by atoms with Crippen LogP contribution >= 0.6 is 27.5 Å². The van der Waals surface area contributed by atoms with Gasteiger partial charge in [-0.1, -0.05) is 51.8 Å². The van der Waals surface area contributed by atoms with E-state index in [4.69, 9.17) is 11.6 Å². The van der Waals surface area contributed by atoms with Gasteiger partial charge < -0.3 is 4.90 Å². The van der Waals surface area contributed by atoms with Gasteiger partial charge in [0.15, 0.2) is 0 Å². The molecule has 0 saturated carbocycles. The molecule has 7 heteroatoms. The number of non-ortho nitro benzene ring substituents is 1. The minimum Gasteiger partial charge on any atom is -0.323 e. The van der Waals surface area contributed by atoms with Crippen LogP contribution in [-0.4, -0.2) is 15.7 Å². The maximum Gasteiger partial charge on any atom is 0.269 e. The zero-order valence-electron chi connectivity index (χ0n) is 14.5. The summed E-state index contributed by atoms with van der Waals surface area (Å²) in [6, 6.07) is 19.1. The highest BCUT2D eigenvalue weighted by Crippen LogP contribution is 2.41. The smallest absolute Gasteiger partial charge is 0.269 e. The average molecular weight is 458 g/mol. The lowest BCUT2D eigenvalue weighted by Gasteiger charge is -2.26. The number of nitrogens with zero attached hydrogens (tertiary/aromatic N) is 2. The summed E-state index contributed by atoms with van der Waals surface area (Å²) >= 11 is 9.53. The van der Waals surface area contributed by atoms with Gasteiger partial charge in [0, 0.05) is 33.7 Å². The average Bonchev–Trinajstić information content (AvgIpc) is 2.94. The van der Waals surface area contributed by atoms with E-state index in [0.717, 1.165) is 21.2 Å². The molecule has 0 saturated heterocycles. The van der Waals surface area contributed by atoms with Crippen LogP contribution in [0.3, 0.4) is 0 Å². The zero-order valence-corrected chi connectivity index (χ0v) is 16.9. The minimum atomic E-state index is -0.436. The second-order valence-corrected chi connectivity index (χ2v) is 7.89. The van der Waals surface area contributed by atoms with Crippen molar-refractivity contribution >= 4 is 39.1 Å². The highest BCUT2D eigenvalue weighted by atomic mass is 79.9. The summed E-state index contributed by atoms with van der Waals surface area (Å²) in [5.41, 5.74) is 3.38. The van der Waals surface area contributed by atoms with Gasteiger partial charge >= 0.3 is 0 Å². The van der Waals surface area contributed by atoms with E-state index < -0.39 is 4.92 Å². The van der Waals surface area contributed by atoms with Crippen LogP contribution in [0.1, 0.15) is 33.1 Å². The number of nitro benzene ring substituents is 1. The fourth-order valence-corrected chi connectivity index (χ4v) is 3.99. The molecule has 3 aromatic rings. The van der Waals surface area contributed by atoms with Crippen molar-refractivity contribution in [2.45, 2.75) is 12.6 Å². The number of carbonyl (C=O) groups excluding carboxylic acids is 1. The molecule has 1 atom stereocenters. The summed E-state index contributed by atoms with van der Waals surface area (Å²) in [6.45, 7) is 0.344. The second-order valence-electron chi connectivity index (χ2n) is 6.54. The van der Waals surface area contributed by atoms with Crippen LogP contribution in [0.25, 0.3) is 0 Å². The number of halogens is 2. The van der Waals surface area contributed by atoms with E-state index in [1.54, 1.807) is 29.2 Å². The molecular formula is C21H14BrClN2O3. The Morgan fingerprint density at radius 2 is 1.71 bits per heavy atom. The first-order valence-corrected chi connectivity index (χ1v) is 9.70. The topological polar surface area (TPSA) is 63.5 Å². The standard InChI is InChI=1S/C21H14BrClN2O3/c22-15-5-10-18-19(11-15)20(14-3-6-16(23)7-4-14)24(21(18)26)12-13-1-8-17(9-2-13)25(27)28/h1-11,20H,12H2. The van der Waals surface area contributed by atoms with Gasteiger partial charge in [0.2, 0.25) is 0 Å². The summed E-state index contributed by atoms with van der Waals surface area (Å²) in [6.07, 6.45) is 0. The quantitative estimate of drug-likeness (QED) is 0.370. The first kappa shape index (κ1) is 18.7. The van der Waals surface area contributed by atoms with Crippen molar-refractivity contribution in [2.24, 2.45) is 0 Å². The lowest BCUT2D eigenvalue weighted by molar-refractivity contribution is -0.384. The minimum absolute atomic E-state index is 0.0259. The molecule has 0 aliphatic carbocycles. The molecule has 1 amide bonds. The van der Waals surface area contributed by atoms with Gasteiger partial charge in [0.25, 0.3) is 11.6 Å². The third kappa shape index (κ3) is 3.41. The Morgan fingerprint density at radius 3 is 2.36 bits per heavy atom. The maximum absolute atomic E-state index is 13.1. The van der Waals surface area contributed by atoms with Crippen molar-refractivity contribution in [1.29, 1.82) is 0 Å². The molecule has 4 rings (SSSR count). The van der Waals surface area contributed by atoms with E-state index in [1.807, 2.05) is 30.3 Å². The van der Waals surface area contributed by atoms with Gasteiger partial charge in [-0.15, -0.1) is 0 Å². The van der Waals surface area contributed by atoms with Gasteiger partial charge in [0.1, 0.15) is 0 Å². The van der Waals surface area contributed by atoms with Crippen LogP contribution in [-0.2, 0) is 6.54 Å². The molecule has 1 aliphatic heterocycles. The van der Waals surface area contributed by atoms with Crippen molar-refractivity contribution in [2.75, 3.05) is 0 Å². The van der Waals surface area contributed by atoms with E-state index in [0.29, 0.717) is 17.1 Å². The van der Waals surface area contributed by atoms with E-state index >= 15 is 0 Å². The first-order chi connectivity index (χ1) is 13.4. The molecular weight excluding hydrogens is 444 g/mol. The Labute approximate surface area is 174 Å². The molecule has 1 heterocycles. The molecule has 28 heavy (non-hydrogen) atoms. The predicted molar refractivity (Wildman–Crippen MR) is 110 cm³/mol. The fourth-order valence-electron chi connectivity index (χ4n) is 3.48. The largest absolute Gasteiger partial charge is 0.323 e. The summed E-state index contributed by atoms with van der Waals surface area (Å²) in [5.74, 6) is -0.0687. The van der Waals surface area contributed by atoms with Crippen LogP contribution in [0.5, 0.6) is 0 Å². The molecule has 0 aromatic heterocycles. The van der Waals surface area contributed by atoms with E-state index in [-0.39, 0.29) is 17.6 Å². The van der Waals surface area contributed by atoms with Crippen LogP contribution in [0.4, 0.5) is 5.69 Å². The van der Waals surface area contributed by atoms with Crippen LogP contribution in [0, 0.1) is 10.1 Å². The summed E-state index contributed by atoms with van der Waals surface area (Å²) in [4.78, 5) is 25.3. The number of hydrogen-bond acceptors (Lipinski definition) is 3. The summed E-state index contributed by atoms with van der Waals surface area (Å²) in [7, 11) is 0. The van der Waals surface area contributed by atoms with Gasteiger partial charge in [0.05, 0.1) is 11.0 Å². The van der Waals surface area contributed by atoms with Gasteiger partial charge in [-0.3, -0.25) is 14.9 Å². The molecule has 5 nitrogen and oxygen atoms in total. The van der Waals surface area contributed by atoms with Gasteiger partial charge in [-0.25, -0.2) is 0 Å². The predicted octanol–water partition coefficient (Wildman–Crippen LogP) is 5.76. The third-order valence-corrected chi connectivity index (χ3v) is 5.54.